The summed E-state index contributed by atoms with van der Waals surface area (Å²) in [5.41, 5.74) is 0.172. The lowest BCUT2D eigenvalue weighted by molar-refractivity contribution is -0.198. The molecule has 0 aliphatic heterocycles. The molecular formula is C12H11BrFNO2. The summed E-state index contributed by atoms with van der Waals surface area (Å²) < 4.78 is 18.9. The molecule has 0 spiro atoms. The molecule has 0 saturated heterocycles. The molecule has 1 aromatic rings. The van der Waals surface area contributed by atoms with Gasteiger partial charge in [-0.05, 0) is 46.8 Å². The van der Waals surface area contributed by atoms with E-state index in [1.807, 2.05) is 0 Å². The molecule has 5 heteroatoms. The van der Waals surface area contributed by atoms with Crippen LogP contribution in [0, 0.1) is 11.2 Å². The lowest BCUT2D eigenvalue weighted by Crippen LogP contribution is -2.68. The van der Waals surface area contributed by atoms with Crippen LogP contribution in [0.15, 0.2) is 16.9 Å². The van der Waals surface area contributed by atoms with E-state index in [0.717, 1.165) is 0 Å². The van der Waals surface area contributed by atoms with Gasteiger partial charge in [0.05, 0.1) is 12.5 Å². The van der Waals surface area contributed by atoms with Crippen LogP contribution in [-0.4, -0.2) is 18.1 Å². The zero-order valence-electron chi connectivity index (χ0n) is 9.30. The van der Waals surface area contributed by atoms with Crippen molar-refractivity contribution in [1.29, 1.82) is 0 Å². The molecule has 1 aromatic heterocycles. The zero-order chi connectivity index (χ0) is 12.3. The van der Waals surface area contributed by atoms with Crippen molar-refractivity contribution in [2.24, 2.45) is 5.41 Å². The second-order valence-corrected chi connectivity index (χ2v) is 5.80. The molecule has 3 aliphatic carbocycles. The molecule has 0 atom stereocenters. The highest BCUT2D eigenvalue weighted by atomic mass is 79.9. The summed E-state index contributed by atoms with van der Waals surface area (Å²) >= 11 is 3.09. The monoisotopic (exact) mass is 299 g/mol. The van der Waals surface area contributed by atoms with Crippen molar-refractivity contribution in [1.82, 2.24) is 4.98 Å². The highest BCUT2D eigenvalue weighted by Gasteiger charge is 2.73. The molecular weight excluding hydrogens is 289 g/mol. The number of pyridine rings is 1. The van der Waals surface area contributed by atoms with Gasteiger partial charge >= 0.3 is 5.97 Å². The van der Waals surface area contributed by atoms with Gasteiger partial charge < -0.3 is 4.74 Å². The third kappa shape index (κ3) is 1.26. The molecule has 3 aliphatic rings. The van der Waals surface area contributed by atoms with Crippen LogP contribution in [0.2, 0.25) is 0 Å². The lowest BCUT2D eigenvalue weighted by Gasteiger charge is -2.68. The number of carbonyl (C=O) groups is 1. The van der Waals surface area contributed by atoms with E-state index in [0.29, 0.717) is 24.8 Å². The van der Waals surface area contributed by atoms with Gasteiger partial charge in [0.25, 0.3) is 0 Å². The molecule has 3 nitrogen and oxygen atoms in total. The molecule has 0 amide bonds. The van der Waals surface area contributed by atoms with Crippen molar-refractivity contribution in [2.75, 3.05) is 7.11 Å². The fourth-order valence-corrected chi connectivity index (χ4v) is 3.67. The van der Waals surface area contributed by atoms with Gasteiger partial charge in [-0.2, -0.15) is 0 Å². The van der Waals surface area contributed by atoms with E-state index < -0.39 is 0 Å². The molecule has 17 heavy (non-hydrogen) atoms. The molecule has 3 fully saturated rings. The van der Waals surface area contributed by atoms with E-state index >= 15 is 0 Å². The highest BCUT2D eigenvalue weighted by molar-refractivity contribution is 9.10. The van der Waals surface area contributed by atoms with Crippen LogP contribution < -0.4 is 0 Å². The van der Waals surface area contributed by atoms with Crippen LogP contribution in [0.25, 0.3) is 0 Å². The Labute approximate surface area is 107 Å². The Morgan fingerprint density at radius 3 is 2.76 bits per heavy atom. The molecule has 90 valence electrons. The van der Waals surface area contributed by atoms with Crippen molar-refractivity contribution in [3.63, 3.8) is 0 Å². The van der Waals surface area contributed by atoms with Crippen LogP contribution in [0.5, 0.6) is 0 Å². The van der Waals surface area contributed by atoms with Crippen LogP contribution >= 0.6 is 15.9 Å². The fourth-order valence-electron chi connectivity index (χ4n) is 3.33. The molecule has 0 unspecified atom stereocenters. The second-order valence-electron chi connectivity index (χ2n) is 5.05. The first-order chi connectivity index (χ1) is 8.03. The van der Waals surface area contributed by atoms with E-state index in [1.165, 1.54) is 7.11 Å². The van der Waals surface area contributed by atoms with Crippen LogP contribution in [0.3, 0.4) is 0 Å². The second kappa shape index (κ2) is 3.28. The number of ether oxygens (including phenoxy) is 1. The standard InChI is InChI=1S/C12H11BrFNO2/c1-17-10(16)12-4-11(5-12,6-12)7-2-3-15-9(13)8(7)14/h2-3H,4-6H2,1H3. The van der Waals surface area contributed by atoms with Gasteiger partial charge in [-0.15, -0.1) is 0 Å². The summed E-state index contributed by atoms with van der Waals surface area (Å²) in [5, 5.41) is 0. The van der Waals surface area contributed by atoms with E-state index in [1.54, 1.807) is 12.3 Å². The van der Waals surface area contributed by atoms with Crippen molar-refractivity contribution in [3.05, 3.63) is 28.2 Å². The number of hydrogen-bond acceptors (Lipinski definition) is 3. The van der Waals surface area contributed by atoms with Crippen LogP contribution in [0.4, 0.5) is 4.39 Å². The van der Waals surface area contributed by atoms with Gasteiger partial charge in [-0.3, -0.25) is 4.79 Å². The summed E-state index contributed by atoms with van der Waals surface area (Å²) in [6, 6.07) is 1.71. The fraction of sp³-hybridized carbons (Fsp3) is 0.500. The SMILES string of the molecule is COC(=O)C12CC(c3ccnc(Br)c3F)(C1)C2. The van der Waals surface area contributed by atoms with Crippen molar-refractivity contribution >= 4 is 21.9 Å². The van der Waals surface area contributed by atoms with E-state index in [4.69, 9.17) is 4.74 Å². The summed E-state index contributed by atoms with van der Waals surface area (Å²) in [7, 11) is 1.40. The number of nitrogens with zero attached hydrogens (tertiary/aromatic N) is 1. The van der Waals surface area contributed by atoms with Gasteiger partial charge in [-0.1, -0.05) is 0 Å². The predicted molar refractivity (Wildman–Crippen MR) is 61.9 cm³/mol. The summed E-state index contributed by atoms with van der Waals surface area (Å²) in [4.78, 5) is 15.4. The Morgan fingerprint density at radius 1 is 1.53 bits per heavy atom. The number of carbonyl (C=O) groups excluding carboxylic acids is 1. The van der Waals surface area contributed by atoms with Crippen LogP contribution in [-0.2, 0) is 14.9 Å². The summed E-state index contributed by atoms with van der Waals surface area (Å²) in [6.07, 6.45) is 3.67. The predicted octanol–water partition coefficient (Wildman–Crippen LogP) is 2.58. The maximum atomic E-state index is 13.9. The van der Waals surface area contributed by atoms with Gasteiger partial charge in [-0.25, -0.2) is 9.37 Å². The minimum atomic E-state index is -0.336. The van der Waals surface area contributed by atoms with Gasteiger partial charge in [0, 0.05) is 11.6 Å². The Balaban J connectivity index is 1.87. The van der Waals surface area contributed by atoms with Crippen molar-refractivity contribution in [2.45, 2.75) is 24.7 Å². The quantitative estimate of drug-likeness (QED) is 0.622. The number of aromatic nitrogens is 1. The first-order valence-corrected chi connectivity index (χ1v) is 6.21. The normalized spacial score (nSPS) is 33.6. The Hall–Kier alpha value is -0.970. The number of hydrogen-bond donors (Lipinski definition) is 0. The lowest BCUT2D eigenvalue weighted by atomic mass is 9.33. The van der Waals surface area contributed by atoms with Gasteiger partial charge in [0.1, 0.15) is 4.60 Å². The van der Waals surface area contributed by atoms with Crippen LogP contribution in [0.1, 0.15) is 24.8 Å². The van der Waals surface area contributed by atoms with E-state index in [9.17, 15) is 9.18 Å². The minimum absolute atomic E-state index is 0.159. The molecule has 0 aromatic carbocycles. The van der Waals surface area contributed by atoms with E-state index in [2.05, 4.69) is 20.9 Å². The van der Waals surface area contributed by atoms with Crippen molar-refractivity contribution < 1.29 is 13.9 Å². The topological polar surface area (TPSA) is 39.2 Å². The van der Waals surface area contributed by atoms with Gasteiger partial charge in [0.15, 0.2) is 5.82 Å². The maximum Gasteiger partial charge on any atom is 0.311 e. The number of halogens is 2. The third-order valence-electron chi connectivity index (χ3n) is 4.07. The number of esters is 1. The largest absolute Gasteiger partial charge is 0.469 e. The molecule has 2 bridgehead atoms. The molecule has 4 rings (SSSR count). The Bertz CT molecular complexity index is 497. The smallest absolute Gasteiger partial charge is 0.311 e. The summed E-state index contributed by atoms with van der Waals surface area (Å²) in [6.45, 7) is 0. The minimum Gasteiger partial charge on any atom is -0.469 e. The molecule has 0 N–H and O–H groups in total. The number of methoxy groups -OCH3 is 1. The highest BCUT2D eigenvalue weighted by Crippen LogP contribution is 2.74. The number of rotatable bonds is 2. The maximum absolute atomic E-state index is 13.9. The third-order valence-corrected chi connectivity index (χ3v) is 4.62. The van der Waals surface area contributed by atoms with Crippen molar-refractivity contribution in [3.8, 4) is 0 Å². The average molecular weight is 300 g/mol. The first-order valence-electron chi connectivity index (χ1n) is 5.42. The first kappa shape index (κ1) is 11.1. The van der Waals surface area contributed by atoms with Gasteiger partial charge in [0.2, 0.25) is 0 Å². The molecule has 3 saturated carbocycles. The molecule has 0 radical (unpaired) electrons. The Kier molecular flexibility index (Phi) is 2.15. The summed E-state index contributed by atoms with van der Waals surface area (Å²) in [5.74, 6) is -0.460. The molecule has 1 heterocycles. The zero-order valence-corrected chi connectivity index (χ0v) is 10.9. The van der Waals surface area contributed by atoms with E-state index in [-0.39, 0.29) is 27.2 Å². The Morgan fingerprint density at radius 2 is 2.18 bits per heavy atom. The average Bonchev–Trinajstić information content (AvgIpc) is 2.20.